The third-order valence-corrected chi connectivity index (χ3v) is 4.57. The number of carbonyl (C=O) groups is 1. The van der Waals surface area contributed by atoms with E-state index in [0.29, 0.717) is 12.4 Å². The van der Waals surface area contributed by atoms with E-state index in [0.717, 1.165) is 28.1 Å². The van der Waals surface area contributed by atoms with Crippen LogP contribution in [0, 0.1) is 6.92 Å². The van der Waals surface area contributed by atoms with E-state index in [9.17, 15) is 4.79 Å². The van der Waals surface area contributed by atoms with Gasteiger partial charge in [-0.1, -0.05) is 30.3 Å². The first-order valence-corrected chi connectivity index (χ1v) is 8.56. The van der Waals surface area contributed by atoms with Crippen molar-refractivity contribution in [3.8, 4) is 0 Å². The molecule has 0 radical (unpaired) electrons. The third kappa shape index (κ3) is 3.96. The molecule has 0 fully saturated rings. The molecule has 0 spiro atoms. The normalized spacial score (nSPS) is 12.8. The highest BCUT2D eigenvalue weighted by molar-refractivity contribution is 7.98. The van der Waals surface area contributed by atoms with Crippen molar-refractivity contribution in [2.45, 2.75) is 24.8 Å². The van der Waals surface area contributed by atoms with Crippen LogP contribution in [0.25, 0.3) is 0 Å². The van der Waals surface area contributed by atoms with Crippen LogP contribution in [0.3, 0.4) is 0 Å². The Hall–Kier alpha value is -2.31. The molecule has 124 valence electrons. The zero-order valence-corrected chi connectivity index (χ0v) is 14.2. The zero-order chi connectivity index (χ0) is 16.9. The van der Waals surface area contributed by atoms with E-state index in [1.54, 1.807) is 0 Å². The summed E-state index contributed by atoms with van der Waals surface area (Å²) in [5.41, 5.74) is 3.98. The molecule has 24 heavy (non-hydrogen) atoms. The van der Waals surface area contributed by atoms with E-state index in [2.05, 4.69) is 15.0 Å². The van der Waals surface area contributed by atoms with Crippen molar-refractivity contribution in [2.75, 3.05) is 6.54 Å². The third-order valence-electron chi connectivity index (χ3n) is 3.73. The lowest BCUT2D eigenvalue weighted by Crippen LogP contribution is -2.39. The monoisotopic (exact) mass is 341 g/mol. The van der Waals surface area contributed by atoms with Gasteiger partial charge < -0.3 is 15.1 Å². The van der Waals surface area contributed by atoms with Crippen molar-refractivity contribution in [2.24, 2.45) is 4.99 Å². The molecular weight excluding hydrogens is 322 g/mol. The summed E-state index contributed by atoms with van der Waals surface area (Å²) in [7, 11) is 0. The van der Waals surface area contributed by atoms with Crippen LogP contribution < -0.4 is 10.0 Å². The van der Waals surface area contributed by atoms with Gasteiger partial charge in [0.2, 0.25) is 5.84 Å². The summed E-state index contributed by atoms with van der Waals surface area (Å²) in [4.78, 5) is 17.6. The van der Waals surface area contributed by atoms with Crippen LogP contribution in [-0.2, 0) is 17.8 Å². The Balaban J connectivity index is 1.56. The molecule has 0 bridgehead atoms. The summed E-state index contributed by atoms with van der Waals surface area (Å²) >= 11 is 1.41. The average Bonchev–Trinajstić information content (AvgIpc) is 2.61. The molecule has 1 heterocycles. The number of amidine groups is 1. The molecule has 1 aliphatic rings. The van der Waals surface area contributed by atoms with Gasteiger partial charge in [0.15, 0.2) is 0 Å². The number of aryl methyl sites for hydroxylation is 1. The number of carbonyl (C=O) groups excluding carboxylic acids is 1. The number of aliphatic hydroxyl groups is 1. The molecule has 3 N–H and O–H groups in total. The average molecular weight is 341 g/mol. The van der Waals surface area contributed by atoms with E-state index >= 15 is 0 Å². The predicted octanol–water partition coefficient (Wildman–Crippen LogP) is 2.49. The van der Waals surface area contributed by atoms with E-state index in [4.69, 9.17) is 5.11 Å². The molecule has 1 aliphatic heterocycles. The molecule has 0 saturated heterocycles. The first-order valence-electron chi connectivity index (χ1n) is 7.75. The molecule has 0 unspecified atom stereocenters. The topological polar surface area (TPSA) is 73.7 Å². The van der Waals surface area contributed by atoms with Gasteiger partial charge in [-0.15, -0.1) is 0 Å². The van der Waals surface area contributed by atoms with Gasteiger partial charge in [-0.05, 0) is 54.1 Å². The van der Waals surface area contributed by atoms with Gasteiger partial charge in [0.05, 0.1) is 17.2 Å². The Bertz CT molecular complexity index is 772. The van der Waals surface area contributed by atoms with Crippen LogP contribution >= 0.6 is 11.9 Å². The minimum atomic E-state index is -0.208. The highest BCUT2D eigenvalue weighted by Crippen LogP contribution is 2.31. The summed E-state index contributed by atoms with van der Waals surface area (Å²) < 4.78 is 2.99. The van der Waals surface area contributed by atoms with Gasteiger partial charge in [-0.3, -0.25) is 4.79 Å². The van der Waals surface area contributed by atoms with Gasteiger partial charge in [-0.2, -0.15) is 0 Å². The fourth-order valence-corrected chi connectivity index (χ4v) is 3.16. The van der Waals surface area contributed by atoms with Crippen molar-refractivity contribution in [1.82, 2.24) is 10.0 Å². The second-order valence-electron chi connectivity index (χ2n) is 5.62. The summed E-state index contributed by atoms with van der Waals surface area (Å²) in [6.45, 7) is 2.60. The van der Waals surface area contributed by atoms with E-state index in [1.807, 2.05) is 49.4 Å². The van der Waals surface area contributed by atoms with Crippen molar-refractivity contribution >= 4 is 29.4 Å². The number of amides is 1. The van der Waals surface area contributed by atoms with Crippen molar-refractivity contribution in [1.29, 1.82) is 0 Å². The molecular formula is C18H19N3O2S. The van der Waals surface area contributed by atoms with E-state index < -0.39 is 0 Å². The molecule has 0 saturated carbocycles. The Labute approximate surface area is 145 Å². The number of fused-ring (bicyclic) bond motifs is 1. The Morgan fingerprint density at radius 2 is 1.96 bits per heavy atom. The molecule has 0 aliphatic carbocycles. The smallest absolute Gasteiger partial charge is 0.287 e. The van der Waals surface area contributed by atoms with Crippen molar-refractivity contribution in [3.63, 3.8) is 0 Å². The lowest BCUT2D eigenvalue weighted by atomic mass is 10.1. The number of aliphatic hydroxyl groups excluding tert-OH is 1. The molecule has 0 aromatic heterocycles. The fraction of sp³-hybridized carbons (Fsp3) is 0.222. The number of hydrogen-bond acceptors (Lipinski definition) is 5. The fourth-order valence-electron chi connectivity index (χ4n) is 2.35. The van der Waals surface area contributed by atoms with Gasteiger partial charge in [0, 0.05) is 6.54 Å². The molecule has 2 aromatic rings. The summed E-state index contributed by atoms with van der Waals surface area (Å²) in [5, 5.41) is 11.9. The lowest BCUT2D eigenvalue weighted by Gasteiger charge is -2.16. The number of rotatable bonds is 5. The maximum Gasteiger partial charge on any atom is 0.287 e. The van der Waals surface area contributed by atoms with Gasteiger partial charge in [0.1, 0.15) is 0 Å². The molecule has 5 nitrogen and oxygen atoms in total. The number of nitrogens with zero attached hydrogens (tertiary/aromatic N) is 1. The quantitative estimate of drug-likeness (QED) is 0.731. The SMILES string of the molecule is Cc1ccc2c(c1)SNC(C(=O)NCCc1ccc(CO)cc1)=N2. The van der Waals surface area contributed by atoms with Crippen LogP contribution in [0.4, 0.5) is 5.69 Å². The van der Waals surface area contributed by atoms with Crippen LogP contribution in [0.15, 0.2) is 52.4 Å². The van der Waals surface area contributed by atoms with Crippen LogP contribution in [0.2, 0.25) is 0 Å². The zero-order valence-electron chi connectivity index (χ0n) is 13.4. The molecule has 0 atom stereocenters. The standard InChI is InChI=1S/C18H19N3O2S/c1-12-2-7-15-16(10-12)24-21-17(20-15)18(23)19-9-8-13-3-5-14(11-22)6-4-13/h2-7,10,22H,8-9,11H2,1H3,(H,19,23)(H,20,21). The number of benzene rings is 2. The molecule has 3 rings (SSSR count). The maximum absolute atomic E-state index is 12.2. The Morgan fingerprint density at radius 3 is 2.71 bits per heavy atom. The van der Waals surface area contributed by atoms with Gasteiger partial charge in [-0.25, -0.2) is 4.99 Å². The van der Waals surface area contributed by atoms with E-state index in [1.165, 1.54) is 17.5 Å². The van der Waals surface area contributed by atoms with Crippen LogP contribution in [-0.4, -0.2) is 23.4 Å². The van der Waals surface area contributed by atoms with Gasteiger partial charge in [0.25, 0.3) is 5.91 Å². The first-order chi connectivity index (χ1) is 11.7. The lowest BCUT2D eigenvalue weighted by molar-refractivity contribution is -0.114. The highest BCUT2D eigenvalue weighted by Gasteiger charge is 2.17. The minimum absolute atomic E-state index is 0.0428. The first kappa shape index (κ1) is 16.5. The second-order valence-corrected chi connectivity index (χ2v) is 6.46. The summed E-state index contributed by atoms with van der Waals surface area (Å²) in [6, 6.07) is 13.7. The summed E-state index contributed by atoms with van der Waals surface area (Å²) in [5.74, 6) is 0.118. The predicted molar refractivity (Wildman–Crippen MR) is 96.3 cm³/mol. The molecule has 1 amide bonds. The Morgan fingerprint density at radius 1 is 1.21 bits per heavy atom. The van der Waals surface area contributed by atoms with Crippen molar-refractivity contribution in [3.05, 3.63) is 59.2 Å². The van der Waals surface area contributed by atoms with Gasteiger partial charge >= 0.3 is 0 Å². The van der Waals surface area contributed by atoms with E-state index in [-0.39, 0.29) is 12.5 Å². The van der Waals surface area contributed by atoms with Crippen molar-refractivity contribution < 1.29 is 9.90 Å². The largest absolute Gasteiger partial charge is 0.392 e. The number of hydrogen-bond donors (Lipinski definition) is 3. The maximum atomic E-state index is 12.2. The second kappa shape index (κ2) is 7.51. The van der Waals surface area contributed by atoms with Crippen LogP contribution in [0.1, 0.15) is 16.7 Å². The molecule has 2 aromatic carbocycles. The Kier molecular flexibility index (Phi) is 5.17. The number of aliphatic imine (C=N–C) groups is 1. The highest BCUT2D eigenvalue weighted by atomic mass is 32.2. The minimum Gasteiger partial charge on any atom is -0.392 e. The summed E-state index contributed by atoms with van der Waals surface area (Å²) in [6.07, 6.45) is 0.730. The number of nitrogens with one attached hydrogen (secondary N) is 2. The molecule has 6 heteroatoms. The van der Waals surface area contributed by atoms with Crippen LogP contribution in [0.5, 0.6) is 0 Å².